The Hall–Kier alpha value is -1.13. The van der Waals surface area contributed by atoms with Gasteiger partial charge in [0.15, 0.2) is 5.96 Å². The van der Waals surface area contributed by atoms with Gasteiger partial charge >= 0.3 is 0 Å². The number of aliphatic imine (C=N–C) groups is 1. The van der Waals surface area contributed by atoms with Crippen LogP contribution in [0, 0.1) is 5.41 Å². The van der Waals surface area contributed by atoms with Gasteiger partial charge in [-0.3, -0.25) is 4.68 Å². The summed E-state index contributed by atoms with van der Waals surface area (Å²) in [5.74, 6) is 0.721. The van der Waals surface area contributed by atoms with Gasteiger partial charge in [0.2, 0.25) is 0 Å². The highest BCUT2D eigenvalue weighted by Gasteiger charge is 2.27. The van der Waals surface area contributed by atoms with E-state index in [4.69, 9.17) is 4.99 Å². The summed E-state index contributed by atoms with van der Waals surface area (Å²) in [6.45, 7) is 10.3. The standard InChI is InChI=1S/C21H33N5OS.HI/c1-6-22-19(24-14-21(4,27)16-11-25-26(5)13-16)23-12-17-9-15-10-20(2,3)8-7-18(15)28-17;/h9,11,13,27H,6-8,10,12,14H2,1-5H3,(H2,22,23,24);1H. The second kappa shape index (κ2) is 9.78. The van der Waals surface area contributed by atoms with Crippen molar-refractivity contribution in [3.05, 3.63) is 39.3 Å². The third-order valence-corrected chi connectivity index (χ3v) is 6.53. The molecule has 0 amide bonds. The smallest absolute Gasteiger partial charge is 0.191 e. The highest BCUT2D eigenvalue weighted by molar-refractivity contribution is 14.0. The lowest BCUT2D eigenvalue weighted by molar-refractivity contribution is 0.0616. The van der Waals surface area contributed by atoms with Gasteiger partial charge < -0.3 is 15.7 Å². The first-order valence-corrected chi connectivity index (χ1v) is 10.8. The van der Waals surface area contributed by atoms with E-state index in [1.165, 1.54) is 28.2 Å². The summed E-state index contributed by atoms with van der Waals surface area (Å²) in [4.78, 5) is 7.57. The fourth-order valence-corrected chi connectivity index (χ4v) is 4.69. The molecule has 1 aliphatic carbocycles. The van der Waals surface area contributed by atoms with Gasteiger partial charge in [-0.2, -0.15) is 5.10 Å². The van der Waals surface area contributed by atoms with Crippen molar-refractivity contribution in [2.75, 3.05) is 13.1 Å². The molecule has 0 saturated heterocycles. The fourth-order valence-electron chi connectivity index (χ4n) is 3.58. The van der Waals surface area contributed by atoms with Crippen LogP contribution in [0.25, 0.3) is 0 Å². The molecule has 29 heavy (non-hydrogen) atoms. The molecule has 1 aliphatic rings. The predicted molar refractivity (Wildman–Crippen MR) is 131 cm³/mol. The Morgan fingerprint density at radius 2 is 2.17 bits per heavy atom. The minimum Gasteiger partial charge on any atom is -0.383 e. The maximum Gasteiger partial charge on any atom is 0.191 e. The summed E-state index contributed by atoms with van der Waals surface area (Å²) in [6, 6.07) is 2.33. The van der Waals surface area contributed by atoms with Gasteiger partial charge in [0, 0.05) is 35.1 Å². The van der Waals surface area contributed by atoms with E-state index in [0.717, 1.165) is 24.5 Å². The molecule has 162 valence electrons. The topological polar surface area (TPSA) is 74.5 Å². The van der Waals surface area contributed by atoms with Crippen molar-refractivity contribution < 1.29 is 5.11 Å². The summed E-state index contributed by atoms with van der Waals surface area (Å²) in [6.07, 6.45) is 7.14. The second-order valence-corrected chi connectivity index (χ2v) is 9.95. The quantitative estimate of drug-likeness (QED) is 0.303. The zero-order valence-electron chi connectivity index (χ0n) is 18.1. The van der Waals surface area contributed by atoms with Crippen LogP contribution in [0.2, 0.25) is 0 Å². The van der Waals surface area contributed by atoms with Crippen molar-refractivity contribution in [2.45, 2.75) is 59.1 Å². The van der Waals surface area contributed by atoms with Crippen molar-refractivity contribution >= 4 is 41.3 Å². The summed E-state index contributed by atoms with van der Waals surface area (Å²) in [7, 11) is 1.85. The Labute approximate surface area is 195 Å². The molecular weight excluding hydrogens is 497 g/mol. The number of halogens is 1. The van der Waals surface area contributed by atoms with Crippen molar-refractivity contribution in [1.29, 1.82) is 0 Å². The van der Waals surface area contributed by atoms with Gasteiger partial charge in [0.05, 0.1) is 19.3 Å². The number of thiophene rings is 1. The minimum atomic E-state index is -1.02. The highest BCUT2D eigenvalue weighted by Crippen LogP contribution is 2.38. The third-order valence-electron chi connectivity index (χ3n) is 5.31. The highest BCUT2D eigenvalue weighted by atomic mass is 127. The molecule has 6 nitrogen and oxygen atoms in total. The number of fused-ring (bicyclic) bond motifs is 1. The normalized spacial score (nSPS) is 17.8. The predicted octanol–water partition coefficient (Wildman–Crippen LogP) is 3.58. The van der Waals surface area contributed by atoms with Gasteiger partial charge in [-0.15, -0.1) is 35.3 Å². The van der Waals surface area contributed by atoms with Crippen molar-refractivity contribution in [2.24, 2.45) is 17.5 Å². The number of aliphatic hydroxyl groups is 1. The van der Waals surface area contributed by atoms with Crippen LogP contribution in [0.1, 0.15) is 55.0 Å². The second-order valence-electron chi connectivity index (χ2n) is 8.73. The average molecular weight is 532 g/mol. The average Bonchev–Trinajstić information content (AvgIpc) is 3.22. The molecule has 1 unspecified atom stereocenters. The van der Waals surface area contributed by atoms with E-state index in [0.29, 0.717) is 18.5 Å². The van der Waals surface area contributed by atoms with Gasteiger partial charge in [-0.1, -0.05) is 13.8 Å². The lowest BCUT2D eigenvalue weighted by atomic mass is 9.77. The number of guanidine groups is 1. The van der Waals surface area contributed by atoms with Gasteiger partial charge in [-0.05, 0) is 50.2 Å². The number of aryl methyl sites for hydroxylation is 2. The molecule has 0 radical (unpaired) electrons. The van der Waals surface area contributed by atoms with Crippen LogP contribution in [0.5, 0.6) is 0 Å². The third kappa shape index (κ3) is 6.42. The molecule has 0 fully saturated rings. The maximum atomic E-state index is 10.8. The fraction of sp³-hybridized carbons (Fsp3) is 0.619. The lowest BCUT2D eigenvalue weighted by Gasteiger charge is -2.29. The van der Waals surface area contributed by atoms with Crippen molar-refractivity contribution in [3.63, 3.8) is 0 Å². The number of aromatic nitrogens is 2. The Morgan fingerprint density at radius 1 is 1.41 bits per heavy atom. The Morgan fingerprint density at radius 3 is 2.83 bits per heavy atom. The number of hydrogen-bond donors (Lipinski definition) is 3. The molecule has 2 aromatic rings. The molecule has 0 spiro atoms. The SMILES string of the molecule is CCNC(=NCc1cc2c(s1)CCC(C)(C)C2)NCC(C)(O)c1cnn(C)c1.I. The molecule has 3 rings (SSSR count). The number of nitrogens with zero attached hydrogens (tertiary/aromatic N) is 3. The van der Waals surface area contributed by atoms with Crippen molar-refractivity contribution in [3.8, 4) is 0 Å². The van der Waals surface area contributed by atoms with Crippen LogP contribution in [0.15, 0.2) is 23.5 Å². The van der Waals surface area contributed by atoms with Crippen LogP contribution in [-0.2, 0) is 32.0 Å². The summed E-state index contributed by atoms with van der Waals surface area (Å²) >= 11 is 1.90. The summed E-state index contributed by atoms with van der Waals surface area (Å²) in [5.41, 5.74) is 1.68. The Balaban J connectivity index is 0.00000300. The Kier molecular flexibility index (Phi) is 8.15. The minimum absolute atomic E-state index is 0. The molecule has 3 N–H and O–H groups in total. The van der Waals surface area contributed by atoms with Gasteiger partial charge in [0.25, 0.3) is 0 Å². The number of nitrogens with one attached hydrogen (secondary N) is 2. The van der Waals surface area contributed by atoms with E-state index in [1.807, 2.05) is 31.5 Å². The van der Waals surface area contributed by atoms with Gasteiger partial charge in [-0.25, -0.2) is 4.99 Å². The molecule has 2 heterocycles. The van der Waals surface area contributed by atoms with E-state index < -0.39 is 5.60 Å². The van der Waals surface area contributed by atoms with E-state index >= 15 is 0 Å². The largest absolute Gasteiger partial charge is 0.383 e. The first-order chi connectivity index (χ1) is 13.2. The summed E-state index contributed by atoms with van der Waals surface area (Å²) < 4.78 is 1.70. The summed E-state index contributed by atoms with van der Waals surface area (Å²) in [5, 5.41) is 21.5. The zero-order chi connectivity index (χ0) is 20.4. The molecule has 1 atom stereocenters. The molecule has 0 aliphatic heterocycles. The molecule has 0 aromatic carbocycles. The number of rotatable bonds is 6. The van der Waals surface area contributed by atoms with Crippen LogP contribution >= 0.6 is 35.3 Å². The maximum absolute atomic E-state index is 10.8. The lowest BCUT2D eigenvalue weighted by Crippen LogP contribution is -2.44. The number of hydrogen-bond acceptors (Lipinski definition) is 4. The molecule has 0 bridgehead atoms. The van der Waals surface area contributed by atoms with E-state index in [1.54, 1.807) is 17.8 Å². The molecular formula is C21H34IN5OS. The van der Waals surface area contributed by atoms with E-state index in [-0.39, 0.29) is 24.0 Å². The van der Waals surface area contributed by atoms with E-state index in [9.17, 15) is 5.11 Å². The van der Waals surface area contributed by atoms with Crippen LogP contribution in [0.4, 0.5) is 0 Å². The van der Waals surface area contributed by atoms with Gasteiger partial charge in [0.1, 0.15) is 5.60 Å². The van der Waals surface area contributed by atoms with Crippen LogP contribution in [0.3, 0.4) is 0 Å². The molecule has 2 aromatic heterocycles. The van der Waals surface area contributed by atoms with Crippen LogP contribution in [-0.4, -0.2) is 33.9 Å². The first-order valence-electron chi connectivity index (χ1n) is 10.0. The van der Waals surface area contributed by atoms with Crippen LogP contribution < -0.4 is 10.6 Å². The molecule has 8 heteroatoms. The zero-order valence-corrected chi connectivity index (χ0v) is 21.2. The molecule has 0 saturated carbocycles. The Bertz CT molecular complexity index is 840. The van der Waals surface area contributed by atoms with E-state index in [2.05, 4.69) is 35.6 Å². The first kappa shape index (κ1) is 24.1. The van der Waals surface area contributed by atoms with Crippen molar-refractivity contribution in [1.82, 2.24) is 20.4 Å². The monoisotopic (exact) mass is 531 g/mol.